The molecule has 2 aromatic rings. The van der Waals surface area contributed by atoms with Crippen molar-refractivity contribution in [3.8, 4) is 5.75 Å². The molecule has 1 unspecified atom stereocenters. The fourth-order valence-electron chi connectivity index (χ4n) is 1.88. The second-order valence-corrected chi connectivity index (χ2v) is 6.40. The van der Waals surface area contributed by atoms with Crippen molar-refractivity contribution in [2.75, 3.05) is 13.7 Å². The molecule has 0 aliphatic rings. The van der Waals surface area contributed by atoms with Crippen molar-refractivity contribution in [3.63, 3.8) is 0 Å². The van der Waals surface area contributed by atoms with Crippen LogP contribution in [0.5, 0.6) is 5.75 Å². The molecule has 0 heterocycles. The Morgan fingerprint density at radius 1 is 0.947 bits per heavy atom. The van der Waals surface area contributed by atoms with Gasteiger partial charge in [0.1, 0.15) is 5.75 Å². The van der Waals surface area contributed by atoms with Crippen molar-refractivity contribution in [1.82, 2.24) is 0 Å². The molecule has 0 bridgehead atoms. The van der Waals surface area contributed by atoms with Crippen LogP contribution in [-0.2, 0) is 9.09 Å². The summed E-state index contributed by atoms with van der Waals surface area (Å²) in [5.74, 6) is 0.736. The van der Waals surface area contributed by atoms with Crippen molar-refractivity contribution >= 4 is 18.0 Å². The maximum Gasteiger partial charge on any atom is 0.261 e. The summed E-state index contributed by atoms with van der Waals surface area (Å²) >= 11 is 0. The molecule has 0 aromatic heterocycles. The van der Waals surface area contributed by atoms with Crippen LogP contribution in [0.2, 0.25) is 0 Å². The molecular weight excluding hydrogens is 259 g/mol. The summed E-state index contributed by atoms with van der Waals surface area (Å²) in [5.41, 5.74) is 0. The van der Waals surface area contributed by atoms with Crippen molar-refractivity contribution in [2.45, 2.75) is 6.92 Å². The van der Waals surface area contributed by atoms with Crippen LogP contribution >= 0.6 is 7.37 Å². The van der Waals surface area contributed by atoms with Gasteiger partial charge in [0, 0.05) is 10.6 Å². The monoisotopic (exact) mass is 276 g/mol. The predicted molar refractivity (Wildman–Crippen MR) is 77.9 cm³/mol. The molecule has 19 heavy (non-hydrogen) atoms. The lowest BCUT2D eigenvalue weighted by Gasteiger charge is -2.18. The van der Waals surface area contributed by atoms with Gasteiger partial charge in [0.2, 0.25) is 0 Å². The third kappa shape index (κ3) is 2.89. The smallest absolute Gasteiger partial charge is 0.261 e. The minimum absolute atomic E-state index is 0.401. The second kappa shape index (κ2) is 6.05. The van der Waals surface area contributed by atoms with E-state index < -0.39 is 7.37 Å². The molecule has 0 saturated carbocycles. The molecule has 0 saturated heterocycles. The minimum atomic E-state index is -3.01. The summed E-state index contributed by atoms with van der Waals surface area (Å²) in [5, 5.41) is 1.39. The van der Waals surface area contributed by atoms with E-state index in [1.807, 2.05) is 37.3 Å². The van der Waals surface area contributed by atoms with Gasteiger partial charge in [-0.05, 0) is 43.3 Å². The Bertz CT molecular complexity index is 564. The molecule has 2 aromatic carbocycles. The van der Waals surface area contributed by atoms with Gasteiger partial charge in [-0.1, -0.05) is 18.2 Å². The topological polar surface area (TPSA) is 35.5 Å². The maximum absolute atomic E-state index is 13.2. The molecule has 0 N–H and O–H groups in total. The lowest BCUT2D eigenvalue weighted by Crippen LogP contribution is -2.18. The Kier molecular flexibility index (Phi) is 4.41. The second-order valence-electron chi connectivity index (χ2n) is 4.00. The van der Waals surface area contributed by atoms with E-state index in [0.29, 0.717) is 17.2 Å². The number of ether oxygens (including phenoxy) is 1. The van der Waals surface area contributed by atoms with Gasteiger partial charge >= 0.3 is 0 Å². The van der Waals surface area contributed by atoms with Gasteiger partial charge in [0.15, 0.2) is 0 Å². The summed E-state index contributed by atoms with van der Waals surface area (Å²) in [6, 6.07) is 16.5. The lowest BCUT2D eigenvalue weighted by atomic mass is 10.3. The van der Waals surface area contributed by atoms with Crippen molar-refractivity contribution < 1.29 is 13.8 Å². The van der Waals surface area contributed by atoms with E-state index in [-0.39, 0.29) is 0 Å². The van der Waals surface area contributed by atoms with Gasteiger partial charge in [0.05, 0.1) is 13.7 Å². The Morgan fingerprint density at radius 2 is 1.53 bits per heavy atom. The molecule has 0 fully saturated rings. The Labute approximate surface area is 113 Å². The first-order chi connectivity index (χ1) is 9.20. The summed E-state index contributed by atoms with van der Waals surface area (Å²) in [4.78, 5) is 0. The summed E-state index contributed by atoms with van der Waals surface area (Å²) in [7, 11) is -1.40. The van der Waals surface area contributed by atoms with Crippen LogP contribution in [0.4, 0.5) is 0 Å². The van der Waals surface area contributed by atoms with Gasteiger partial charge in [0.25, 0.3) is 7.37 Å². The van der Waals surface area contributed by atoms with Crippen molar-refractivity contribution in [3.05, 3.63) is 54.6 Å². The van der Waals surface area contributed by atoms with E-state index in [1.165, 1.54) is 0 Å². The first kappa shape index (κ1) is 13.9. The van der Waals surface area contributed by atoms with E-state index >= 15 is 0 Å². The van der Waals surface area contributed by atoms with Gasteiger partial charge < -0.3 is 9.26 Å². The maximum atomic E-state index is 13.2. The first-order valence-corrected chi connectivity index (χ1v) is 7.78. The minimum Gasteiger partial charge on any atom is -0.497 e. The highest BCUT2D eigenvalue weighted by molar-refractivity contribution is 7.74. The number of hydrogen-bond acceptors (Lipinski definition) is 3. The highest BCUT2D eigenvalue weighted by Gasteiger charge is 2.27. The van der Waals surface area contributed by atoms with Crippen molar-refractivity contribution in [2.24, 2.45) is 0 Å². The molecule has 2 rings (SSSR count). The highest BCUT2D eigenvalue weighted by atomic mass is 31.2. The predicted octanol–water partition coefficient (Wildman–Crippen LogP) is 2.96. The van der Waals surface area contributed by atoms with Gasteiger partial charge in [-0.25, -0.2) is 0 Å². The molecular formula is C15H17O3P. The van der Waals surface area contributed by atoms with Gasteiger partial charge in [-0.2, -0.15) is 0 Å². The normalized spacial score (nSPS) is 13.8. The molecule has 0 spiro atoms. The molecule has 0 aliphatic carbocycles. The fraction of sp³-hybridized carbons (Fsp3) is 0.200. The van der Waals surface area contributed by atoms with Crippen LogP contribution in [0.15, 0.2) is 54.6 Å². The summed E-state index contributed by atoms with van der Waals surface area (Å²) in [6.07, 6.45) is 0. The van der Waals surface area contributed by atoms with Gasteiger partial charge in [-0.15, -0.1) is 0 Å². The number of hydrogen-bond donors (Lipinski definition) is 0. The molecule has 0 aliphatic heterocycles. The standard InChI is InChI=1S/C15H17O3P/c1-3-18-19(16,14-7-5-4-6-8-14)15-11-9-13(17-2)10-12-15/h4-12H,3H2,1-2H3. The number of methoxy groups -OCH3 is 1. The number of rotatable bonds is 5. The average molecular weight is 276 g/mol. The molecule has 1 atom stereocenters. The third-order valence-corrected chi connectivity index (χ3v) is 5.40. The average Bonchev–Trinajstić information content (AvgIpc) is 2.48. The van der Waals surface area contributed by atoms with Crippen LogP contribution < -0.4 is 15.3 Å². The summed E-state index contributed by atoms with van der Waals surface area (Å²) < 4.78 is 23.9. The Hall–Kier alpha value is -1.57. The molecule has 4 heteroatoms. The SMILES string of the molecule is CCOP(=O)(c1ccccc1)c1ccc(OC)cc1. The largest absolute Gasteiger partial charge is 0.497 e. The zero-order chi connectivity index (χ0) is 13.7. The Balaban J connectivity index is 2.47. The van der Waals surface area contributed by atoms with Crippen LogP contribution in [0.3, 0.4) is 0 Å². The van der Waals surface area contributed by atoms with Crippen LogP contribution in [0, 0.1) is 0 Å². The number of benzene rings is 2. The van der Waals surface area contributed by atoms with Crippen LogP contribution in [0.25, 0.3) is 0 Å². The van der Waals surface area contributed by atoms with Crippen LogP contribution in [-0.4, -0.2) is 13.7 Å². The first-order valence-electron chi connectivity index (χ1n) is 6.15. The molecule has 3 nitrogen and oxygen atoms in total. The van der Waals surface area contributed by atoms with E-state index in [4.69, 9.17) is 9.26 Å². The van der Waals surface area contributed by atoms with Gasteiger partial charge in [-0.3, -0.25) is 4.57 Å². The van der Waals surface area contributed by atoms with E-state index in [1.54, 1.807) is 31.4 Å². The van der Waals surface area contributed by atoms with E-state index in [0.717, 1.165) is 5.75 Å². The van der Waals surface area contributed by atoms with Crippen molar-refractivity contribution in [1.29, 1.82) is 0 Å². The zero-order valence-corrected chi connectivity index (χ0v) is 12.0. The molecule has 0 radical (unpaired) electrons. The van der Waals surface area contributed by atoms with E-state index in [2.05, 4.69) is 0 Å². The zero-order valence-electron chi connectivity index (χ0n) is 11.1. The quantitative estimate of drug-likeness (QED) is 0.788. The fourth-order valence-corrected chi connectivity index (χ4v) is 3.95. The molecule has 100 valence electrons. The molecule has 0 amide bonds. The van der Waals surface area contributed by atoms with E-state index in [9.17, 15) is 4.57 Å². The lowest BCUT2D eigenvalue weighted by molar-refractivity contribution is 0.348. The Morgan fingerprint density at radius 3 is 2.05 bits per heavy atom. The highest BCUT2D eigenvalue weighted by Crippen LogP contribution is 2.44. The third-order valence-electron chi connectivity index (χ3n) is 2.82. The van der Waals surface area contributed by atoms with Crippen LogP contribution in [0.1, 0.15) is 6.92 Å². The summed E-state index contributed by atoms with van der Waals surface area (Å²) in [6.45, 7) is 2.25.